The third-order valence-electron chi connectivity index (χ3n) is 39.9. The van der Waals surface area contributed by atoms with Crippen LogP contribution in [0.25, 0.3) is 0 Å². The van der Waals surface area contributed by atoms with Crippen LogP contribution < -0.4 is 0 Å². The molecular formula is C102H174O43. The highest BCUT2D eigenvalue weighted by Crippen LogP contribution is 2.73. The maximum Gasteiger partial charge on any atom is 0.187 e. The molecule has 840 valence electrons. The van der Waals surface area contributed by atoms with E-state index in [4.69, 9.17) is 71.1 Å². The van der Waals surface area contributed by atoms with Crippen molar-refractivity contribution in [2.45, 2.75) is 485 Å². The van der Waals surface area contributed by atoms with Gasteiger partial charge in [0.05, 0.1) is 77.3 Å². The van der Waals surface area contributed by atoms with Crippen LogP contribution in [0.2, 0.25) is 0 Å². The Labute approximate surface area is 846 Å². The largest absolute Gasteiger partial charge is 0.394 e. The molecule has 8 aliphatic heterocycles. The van der Waals surface area contributed by atoms with Crippen molar-refractivity contribution in [1.82, 2.24) is 0 Å². The highest BCUT2D eigenvalue weighted by molar-refractivity contribution is 5.17. The van der Waals surface area contributed by atoms with Gasteiger partial charge in [0.25, 0.3) is 0 Å². The summed E-state index contributed by atoms with van der Waals surface area (Å²) in [5, 5.41) is 305. The number of aliphatic hydroxyl groups is 28. The average Bonchev–Trinajstić information content (AvgIpc) is 1.62. The normalized spacial score (nSPS) is 53.2. The van der Waals surface area contributed by atoms with Crippen LogP contribution in [0.1, 0.15) is 221 Å². The van der Waals surface area contributed by atoms with Gasteiger partial charge in [-0.3, -0.25) is 0 Å². The number of aliphatic hydroxyl groups excluding tert-OH is 28. The molecule has 0 aromatic heterocycles. The van der Waals surface area contributed by atoms with E-state index in [2.05, 4.69) is 41.5 Å². The second-order valence-electron chi connectivity index (χ2n) is 47.4. The summed E-state index contributed by atoms with van der Waals surface area (Å²) in [6.07, 6.45) is -40.8. The van der Waals surface area contributed by atoms with Gasteiger partial charge in [0.15, 0.2) is 44.0 Å². The zero-order valence-corrected chi connectivity index (χ0v) is 84.4. The van der Waals surface area contributed by atoms with Crippen LogP contribution in [0, 0.1) is 98.6 Å². The van der Waals surface area contributed by atoms with E-state index in [9.17, 15) is 143 Å². The SMILES string of the molecule is CC(CCCCCCCCCCCC(C)C1CCC2C3CCC4CC(O[C@@H]5OC(CO)[C@@H](O[C@H]6OC(CO)[C@@H](O)C(O)[C@@H]6O)C(O)[C@@H]5O)CCC4(C)C3CC(O[C@@H]3OC(CO)[C@@H](O[C@H]4OC(CO)[C@@H](O)C(O)[C@@H]4O)C(O)[C@@H]3O)C12C)C1CCC2C3CCC4CC(O[C@H]5OC(CO)[C@H](O[C@@H]6OC(CO)[C@H](O)C(O)[C@H]6O)C(O)[C@H]5O)CCC4(C)C3CC(C[C@H]3OC(CO)[C@H](O[C@@H]4OC(CO)[C@H](O)C(O)[C@H]4O)C(O)[C@H]3O)C12C. The van der Waals surface area contributed by atoms with Crippen LogP contribution in [0.5, 0.6) is 0 Å². The number of hydrogen-bond donors (Lipinski definition) is 28. The molecule has 8 heterocycles. The van der Waals surface area contributed by atoms with Gasteiger partial charge in [-0.2, -0.15) is 0 Å². The number of rotatable bonds is 38. The molecule has 8 saturated heterocycles. The Morgan fingerprint density at radius 3 is 0.869 bits per heavy atom. The first-order chi connectivity index (χ1) is 69.1. The smallest absolute Gasteiger partial charge is 0.187 e. The summed E-state index contributed by atoms with van der Waals surface area (Å²) in [6.45, 7) is 8.37. The van der Waals surface area contributed by atoms with E-state index in [1.807, 2.05) is 0 Å². The fourth-order valence-electron chi connectivity index (χ4n) is 31.5. The standard InChI is InChI=1S/C102H174O43/c1-43(52-22-24-54-50-20-18-45-30-48(131-92-85(128)78(121)89(64(40-108)138-92)143-96-82(125)74(117)70(113)60(36-104)135-96)26-28-99(45,3)56(50)32-47(101(52,54)5)33-58-68(111)77(120)88(63(39-107)133-58)142-95-81(124)73(116)69(112)59(35-103)134-95)16-14-12-10-8-7-9-11-13-15-17-44(2)53-23-25-55-51-21-19-46-31-49(132-93-86(129)79(122)90(65(41-109)139-93)144-97-83(126)75(118)71(114)61(37-105)136-97)27-29-100(46,4)57(51)34-67(102(53,55)6)141-94-87(130)80(123)91(66(42-110)140-94)145-98-84(127)76(119)72(115)62(38-106)137-98/h43-98,103-130H,7-42H2,1-6H3/t43?,44?,45?,46?,47?,48?,49?,50?,51?,52?,53?,54?,55?,56?,57?,58-,59?,60?,61?,62?,63?,64?,65?,66?,67?,68+,69+,70+,71-,72-,73?,74?,75?,76?,77?,78?,79?,80?,81-,82-,83+,84+,85-,86+,87+,88+,89+,90-,91-,92+,93-,94+,95+,96+,97-,98-,99?,100?,101?,102?/m1/s1. The minimum Gasteiger partial charge on any atom is -0.394 e. The lowest BCUT2D eigenvalue weighted by molar-refractivity contribution is -0.370. The Morgan fingerprint density at radius 1 is 0.248 bits per heavy atom. The van der Waals surface area contributed by atoms with Gasteiger partial charge >= 0.3 is 0 Å². The minimum atomic E-state index is -1.86. The summed E-state index contributed by atoms with van der Waals surface area (Å²) < 4.78 is 91.8. The van der Waals surface area contributed by atoms with Gasteiger partial charge in [-0.25, -0.2) is 0 Å². The lowest BCUT2D eigenvalue weighted by Gasteiger charge is -2.64. The fraction of sp³-hybridized carbons (Fsp3) is 1.00. The Balaban J connectivity index is 0.536. The number of hydrogen-bond acceptors (Lipinski definition) is 43. The van der Waals surface area contributed by atoms with E-state index >= 15 is 0 Å². The predicted molar refractivity (Wildman–Crippen MR) is 499 cm³/mol. The number of ether oxygens (including phenoxy) is 15. The topological polar surface area (TPSA) is 705 Å². The van der Waals surface area contributed by atoms with E-state index in [1.165, 1.54) is 0 Å². The molecule has 8 aliphatic carbocycles. The highest BCUT2D eigenvalue weighted by Gasteiger charge is 2.70. The molecule has 28 N–H and O–H groups in total. The molecule has 43 nitrogen and oxygen atoms in total. The van der Waals surface area contributed by atoms with Crippen molar-refractivity contribution in [2.24, 2.45) is 98.6 Å². The Kier molecular flexibility index (Phi) is 39.0. The lowest BCUT2D eigenvalue weighted by atomic mass is 9.41. The summed E-state index contributed by atoms with van der Waals surface area (Å²) in [6, 6.07) is 0. The molecule has 16 aliphatic rings. The molecule has 16 fully saturated rings. The number of unbranched alkanes of at least 4 members (excludes halogenated alkanes) is 8. The van der Waals surface area contributed by atoms with Gasteiger partial charge in [0.2, 0.25) is 0 Å². The molecule has 0 radical (unpaired) electrons. The monoisotopic (exact) mass is 2090 g/mol. The van der Waals surface area contributed by atoms with Crippen molar-refractivity contribution in [3.8, 4) is 0 Å². The molecule has 36 unspecified atom stereocenters. The summed E-state index contributed by atoms with van der Waals surface area (Å²) >= 11 is 0. The van der Waals surface area contributed by atoms with Crippen molar-refractivity contribution in [3.63, 3.8) is 0 Å². The van der Waals surface area contributed by atoms with E-state index in [0.717, 1.165) is 135 Å². The highest BCUT2D eigenvalue weighted by atomic mass is 16.8. The number of fused-ring (bicyclic) bond motifs is 10. The van der Waals surface area contributed by atoms with Crippen molar-refractivity contribution < 1.29 is 214 Å². The predicted octanol–water partition coefficient (Wildman–Crippen LogP) is -4.21. The van der Waals surface area contributed by atoms with Crippen molar-refractivity contribution >= 4 is 0 Å². The first kappa shape index (κ1) is 116. The summed E-state index contributed by atoms with van der Waals surface area (Å²) in [5.74, 6) is 2.56. The molecular weight excluding hydrogens is 1910 g/mol. The third kappa shape index (κ3) is 22.6. The van der Waals surface area contributed by atoms with Crippen molar-refractivity contribution in [3.05, 3.63) is 0 Å². The second-order valence-corrected chi connectivity index (χ2v) is 47.4. The maximum atomic E-state index is 12.3. The van der Waals surface area contributed by atoms with Crippen LogP contribution in [-0.4, -0.2) is 460 Å². The van der Waals surface area contributed by atoms with E-state index < -0.39 is 322 Å². The molecule has 60 atom stereocenters. The Morgan fingerprint density at radius 2 is 0.524 bits per heavy atom. The molecule has 0 aromatic carbocycles. The van der Waals surface area contributed by atoms with Gasteiger partial charge in [-0.05, 0) is 202 Å². The maximum absolute atomic E-state index is 12.3. The molecule has 0 spiro atoms. The second kappa shape index (κ2) is 48.8. The van der Waals surface area contributed by atoms with Crippen LogP contribution in [0.15, 0.2) is 0 Å². The van der Waals surface area contributed by atoms with Gasteiger partial charge in [0, 0.05) is 5.41 Å². The summed E-state index contributed by atoms with van der Waals surface area (Å²) in [5.41, 5.74) is -1.23. The van der Waals surface area contributed by atoms with E-state index in [1.54, 1.807) is 0 Å². The Bertz CT molecular complexity index is 3720. The van der Waals surface area contributed by atoms with Gasteiger partial charge < -0.3 is 214 Å². The molecule has 0 aromatic rings. The summed E-state index contributed by atoms with van der Waals surface area (Å²) in [4.78, 5) is 0. The zero-order valence-electron chi connectivity index (χ0n) is 84.4. The molecule has 43 heteroatoms. The minimum absolute atomic E-state index is 0.0533. The van der Waals surface area contributed by atoms with Crippen LogP contribution in [-0.2, 0) is 71.1 Å². The molecule has 145 heavy (non-hydrogen) atoms. The average molecular weight is 2090 g/mol. The van der Waals surface area contributed by atoms with E-state index in [-0.39, 0.29) is 81.3 Å². The molecule has 16 rings (SSSR count). The fourth-order valence-corrected chi connectivity index (χ4v) is 31.5. The molecule has 0 bridgehead atoms. The third-order valence-corrected chi connectivity index (χ3v) is 39.9. The summed E-state index contributed by atoms with van der Waals surface area (Å²) in [7, 11) is 0. The van der Waals surface area contributed by atoms with Crippen molar-refractivity contribution in [2.75, 3.05) is 52.9 Å². The van der Waals surface area contributed by atoms with Gasteiger partial charge in [-0.15, -0.1) is 0 Å². The van der Waals surface area contributed by atoms with E-state index in [0.29, 0.717) is 56.8 Å². The molecule has 0 amide bonds. The molecule has 8 saturated carbocycles. The van der Waals surface area contributed by atoms with Crippen LogP contribution in [0.4, 0.5) is 0 Å². The van der Waals surface area contributed by atoms with Crippen molar-refractivity contribution in [1.29, 1.82) is 0 Å². The van der Waals surface area contributed by atoms with Gasteiger partial charge in [0.1, 0.15) is 195 Å². The first-order valence-electron chi connectivity index (χ1n) is 54.4. The van der Waals surface area contributed by atoms with Crippen LogP contribution in [0.3, 0.4) is 0 Å². The Hall–Kier alpha value is -1.72. The lowest BCUT2D eigenvalue weighted by Crippen LogP contribution is -2.66. The first-order valence-corrected chi connectivity index (χ1v) is 54.4. The van der Waals surface area contributed by atoms with Gasteiger partial charge in [-0.1, -0.05) is 112 Å². The zero-order chi connectivity index (χ0) is 104. The van der Waals surface area contributed by atoms with Crippen LogP contribution >= 0.6 is 0 Å². The quantitative estimate of drug-likeness (QED) is 0.0206.